The van der Waals surface area contributed by atoms with Crippen molar-refractivity contribution in [3.63, 3.8) is 0 Å². The number of β-amino-alcohol motifs (C(OH)–C–C–N with tert-alkyl or cyclic N) is 1. The molecule has 1 unspecified atom stereocenters. The number of likely N-dealkylation sites (tertiary alicyclic amines) is 1. The molecule has 2 amide bonds. The fourth-order valence-electron chi connectivity index (χ4n) is 2.71. The van der Waals surface area contributed by atoms with Gasteiger partial charge in [0.1, 0.15) is 12.2 Å². The van der Waals surface area contributed by atoms with Gasteiger partial charge in [0, 0.05) is 13.1 Å². The van der Waals surface area contributed by atoms with E-state index in [0.29, 0.717) is 19.4 Å². The van der Waals surface area contributed by atoms with E-state index in [2.05, 4.69) is 5.32 Å². The second-order valence-electron chi connectivity index (χ2n) is 7.61. The lowest BCUT2D eigenvalue weighted by Crippen LogP contribution is -2.41. The number of hydrogen-bond donors (Lipinski definition) is 2. The van der Waals surface area contributed by atoms with E-state index in [4.69, 9.17) is 9.47 Å². The summed E-state index contributed by atoms with van der Waals surface area (Å²) in [4.78, 5) is 25.3. The number of rotatable bonds is 5. The molecule has 1 saturated heterocycles. The third-order valence-corrected chi connectivity index (χ3v) is 4.06. The van der Waals surface area contributed by atoms with Crippen molar-refractivity contribution in [2.24, 2.45) is 0 Å². The molecule has 0 aromatic heterocycles. The number of amides is 2. The summed E-state index contributed by atoms with van der Waals surface area (Å²) in [6, 6.07) is 9.40. The molecular weight excluding hydrogens is 336 g/mol. The van der Waals surface area contributed by atoms with Crippen LogP contribution in [0.25, 0.3) is 0 Å². The number of carbonyl (C=O) groups excluding carboxylic acids is 2. The van der Waals surface area contributed by atoms with Crippen LogP contribution < -0.4 is 5.32 Å². The van der Waals surface area contributed by atoms with Gasteiger partial charge in [-0.05, 0) is 39.2 Å². The van der Waals surface area contributed by atoms with Crippen LogP contribution >= 0.6 is 0 Å². The van der Waals surface area contributed by atoms with Crippen molar-refractivity contribution in [1.82, 2.24) is 10.2 Å². The number of ether oxygens (including phenoxy) is 2. The van der Waals surface area contributed by atoms with Crippen LogP contribution in [0.5, 0.6) is 0 Å². The maximum Gasteiger partial charge on any atom is 0.410 e. The zero-order valence-electron chi connectivity index (χ0n) is 15.7. The molecule has 1 aromatic carbocycles. The van der Waals surface area contributed by atoms with Crippen molar-refractivity contribution in [2.75, 3.05) is 19.6 Å². The van der Waals surface area contributed by atoms with Crippen LogP contribution in [0.1, 0.15) is 39.2 Å². The Bertz CT molecular complexity index is 614. The molecule has 7 nitrogen and oxygen atoms in total. The summed E-state index contributed by atoms with van der Waals surface area (Å²) in [6.07, 6.45) is -0.164. The van der Waals surface area contributed by atoms with Gasteiger partial charge in [-0.3, -0.25) is 0 Å². The molecule has 0 saturated carbocycles. The Labute approximate surface area is 154 Å². The van der Waals surface area contributed by atoms with Gasteiger partial charge in [-0.25, -0.2) is 9.59 Å². The van der Waals surface area contributed by atoms with E-state index in [-0.39, 0.29) is 19.7 Å². The summed E-state index contributed by atoms with van der Waals surface area (Å²) in [5.41, 5.74) is -0.684. The first-order chi connectivity index (χ1) is 12.2. The Hall–Kier alpha value is -2.28. The Balaban J connectivity index is 1.69. The highest BCUT2D eigenvalue weighted by atomic mass is 16.6. The van der Waals surface area contributed by atoms with E-state index in [1.165, 1.54) is 4.90 Å². The molecule has 7 heteroatoms. The number of aliphatic hydroxyl groups is 1. The van der Waals surface area contributed by atoms with Crippen molar-refractivity contribution in [3.05, 3.63) is 35.9 Å². The molecule has 1 fully saturated rings. The molecule has 144 valence electrons. The van der Waals surface area contributed by atoms with Gasteiger partial charge in [-0.1, -0.05) is 30.3 Å². The van der Waals surface area contributed by atoms with Gasteiger partial charge in [0.15, 0.2) is 0 Å². The van der Waals surface area contributed by atoms with Gasteiger partial charge in [0.05, 0.1) is 12.1 Å². The summed E-state index contributed by atoms with van der Waals surface area (Å²) in [7, 11) is 0. The molecule has 0 radical (unpaired) electrons. The van der Waals surface area contributed by atoms with Crippen molar-refractivity contribution in [3.8, 4) is 0 Å². The van der Waals surface area contributed by atoms with Gasteiger partial charge < -0.3 is 24.8 Å². The summed E-state index contributed by atoms with van der Waals surface area (Å²) in [5, 5.41) is 13.2. The van der Waals surface area contributed by atoms with Crippen LogP contribution in [-0.2, 0) is 16.1 Å². The second-order valence-corrected chi connectivity index (χ2v) is 7.61. The molecule has 0 spiro atoms. The third-order valence-electron chi connectivity index (χ3n) is 4.06. The molecule has 1 aromatic rings. The lowest BCUT2D eigenvalue weighted by molar-refractivity contribution is 0.0126. The second kappa shape index (κ2) is 8.40. The van der Waals surface area contributed by atoms with E-state index in [0.717, 1.165) is 5.56 Å². The summed E-state index contributed by atoms with van der Waals surface area (Å²) in [5.74, 6) is 0. The van der Waals surface area contributed by atoms with Crippen LogP contribution in [0.15, 0.2) is 30.3 Å². The average Bonchev–Trinajstić information content (AvgIpc) is 2.95. The molecule has 0 aliphatic carbocycles. The zero-order chi connectivity index (χ0) is 19.2. The number of alkyl carbamates (subject to hydrolysis) is 1. The third kappa shape index (κ3) is 6.55. The van der Waals surface area contributed by atoms with Gasteiger partial charge in [0.25, 0.3) is 0 Å². The molecule has 2 rings (SSSR count). The van der Waals surface area contributed by atoms with E-state index < -0.39 is 23.4 Å². The molecular formula is C19H28N2O5. The standard InChI is InChI=1S/C19H28N2O5/c1-18(2,3)26-17(23)21-12-10-19(24,14-21)9-11-20-16(22)25-13-15-7-5-4-6-8-15/h4-8,24H,9-14H2,1-3H3,(H,20,22). The Kier molecular flexibility index (Phi) is 6.47. The minimum absolute atomic E-state index is 0.197. The van der Waals surface area contributed by atoms with Crippen LogP contribution in [0.3, 0.4) is 0 Å². The van der Waals surface area contributed by atoms with Gasteiger partial charge in [-0.2, -0.15) is 0 Å². The van der Waals surface area contributed by atoms with Gasteiger partial charge in [-0.15, -0.1) is 0 Å². The Morgan fingerprint density at radius 1 is 1.27 bits per heavy atom. The normalized spacial score (nSPS) is 19.9. The fourth-order valence-corrected chi connectivity index (χ4v) is 2.71. The predicted octanol–water partition coefficient (Wildman–Crippen LogP) is 2.67. The summed E-state index contributed by atoms with van der Waals surface area (Å²) >= 11 is 0. The first-order valence-corrected chi connectivity index (χ1v) is 8.82. The Morgan fingerprint density at radius 2 is 1.96 bits per heavy atom. The van der Waals surface area contributed by atoms with Crippen molar-refractivity contribution < 1.29 is 24.2 Å². The highest BCUT2D eigenvalue weighted by Crippen LogP contribution is 2.25. The predicted molar refractivity (Wildman–Crippen MR) is 96.6 cm³/mol. The molecule has 1 heterocycles. The van der Waals surface area contributed by atoms with Crippen LogP contribution in [0, 0.1) is 0 Å². The summed E-state index contributed by atoms with van der Waals surface area (Å²) < 4.78 is 10.4. The Morgan fingerprint density at radius 3 is 2.62 bits per heavy atom. The van der Waals surface area contributed by atoms with E-state index in [1.807, 2.05) is 30.3 Å². The SMILES string of the molecule is CC(C)(C)OC(=O)N1CCC(O)(CCNC(=O)OCc2ccccc2)C1. The fraction of sp³-hybridized carbons (Fsp3) is 0.579. The quantitative estimate of drug-likeness (QED) is 0.839. The molecule has 1 aliphatic heterocycles. The highest BCUT2D eigenvalue weighted by Gasteiger charge is 2.39. The number of carbonyl (C=O) groups is 2. The maximum atomic E-state index is 12.1. The van der Waals surface area contributed by atoms with Gasteiger partial charge in [0.2, 0.25) is 0 Å². The molecule has 2 N–H and O–H groups in total. The molecule has 26 heavy (non-hydrogen) atoms. The number of hydrogen-bond acceptors (Lipinski definition) is 5. The van der Waals surface area contributed by atoms with E-state index in [1.54, 1.807) is 20.8 Å². The largest absolute Gasteiger partial charge is 0.445 e. The van der Waals surface area contributed by atoms with Gasteiger partial charge >= 0.3 is 12.2 Å². The average molecular weight is 364 g/mol. The van der Waals surface area contributed by atoms with Crippen LogP contribution in [0.2, 0.25) is 0 Å². The molecule has 1 aliphatic rings. The summed E-state index contributed by atoms with van der Waals surface area (Å²) in [6.45, 7) is 6.51. The smallest absolute Gasteiger partial charge is 0.410 e. The van der Waals surface area contributed by atoms with E-state index >= 15 is 0 Å². The highest BCUT2D eigenvalue weighted by molar-refractivity contribution is 5.69. The van der Waals surface area contributed by atoms with Crippen molar-refractivity contribution in [2.45, 2.75) is 51.4 Å². The minimum atomic E-state index is -1.02. The number of nitrogens with one attached hydrogen (secondary N) is 1. The zero-order valence-corrected chi connectivity index (χ0v) is 15.7. The van der Waals surface area contributed by atoms with Crippen LogP contribution in [-0.4, -0.2) is 53.0 Å². The molecule has 1 atom stereocenters. The number of nitrogens with zero attached hydrogens (tertiary/aromatic N) is 1. The lowest BCUT2D eigenvalue weighted by atomic mass is 9.99. The first kappa shape index (κ1) is 20.0. The van der Waals surface area contributed by atoms with Crippen molar-refractivity contribution >= 4 is 12.2 Å². The van der Waals surface area contributed by atoms with Crippen LogP contribution in [0.4, 0.5) is 9.59 Å². The lowest BCUT2D eigenvalue weighted by Gasteiger charge is -2.26. The number of benzene rings is 1. The first-order valence-electron chi connectivity index (χ1n) is 8.82. The topological polar surface area (TPSA) is 88.1 Å². The van der Waals surface area contributed by atoms with Crippen molar-refractivity contribution in [1.29, 1.82) is 0 Å². The maximum absolute atomic E-state index is 12.1. The molecule has 0 bridgehead atoms. The minimum Gasteiger partial charge on any atom is -0.445 e. The van der Waals surface area contributed by atoms with E-state index in [9.17, 15) is 14.7 Å². The monoisotopic (exact) mass is 364 g/mol.